The van der Waals surface area contributed by atoms with Crippen molar-refractivity contribution < 1.29 is 14.5 Å². The molecule has 0 aliphatic heterocycles. The summed E-state index contributed by atoms with van der Waals surface area (Å²) < 4.78 is 5.75. The Morgan fingerprint density at radius 2 is 1.88 bits per heavy atom. The molecule has 0 heterocycles. The van der Waals surface area contributed by atoms with Crippen LogP contribution in [0.4, 0.5) is 11.4 Å². The van der Waals surface area contributed by atoms with Gasteiger partial charge in [0.25, 0.3) is 11.6 Å². The van der Waals surface area contributed by atoms with Gasteiger partial charge < -0.3 is 10.1 Å². The molecule has 0 bridgehead atoms. The molecule has 32 heavy (non-hydrogen) atoms. The first kappa shape index (κ1) is 22.2. The summed E-state index contributed by atoms with van der Waals surface area (Å²) >= 11 is 0. The number of ether oxygens (including phenoxy) is 1. The Kier molecular flexibility index (Phi) is 6.99. The number of aryl methyl sites for hydroxylation is 2. The van der Waals surface area contributed by atoms with E-state index in [1.54, 1.807) is 36.4 Å². The average Bonchev–Trinajstić information content (AvgIpc) is 2.79. The van der Waals surface area contributed by atoms with Crippen LogP contribution in [0.25, 0.3) is 6.08 Å². The van der Waals surface area contributed by atoms with E-state index >= 15 is 0 Å². The Labute approximate surface area is 185 Å². The van der Waals surface area contributed by atoms with E-state index in [4.69, 9.17) is 4.74 Å². The number of nitro benzene ring substituents is 1. The Hall–Kier alpha value is -4.44. The van der Waals surface area contributed by atoms with Gasteiger partial charge in [0.05, 0.1) is 4.92 Å². The second kappa shape index (κ2) is 10.0. The van der Waals surface area contributed by atoms with Crippen LogP contribution >= 0.6 is 0 Å². The number of rotatable bonds is 7. The minimum Gasteiger partial charge on any atom is -0.489 e. The summed E-state index contributed by atoms with van der Waals surface area (Å²) in [5.74, 6) is 0.0581. The minimum absolute atomic E-state index is 0.0176. The zero-order chi connectivity index (χ0) is 23.1. The molecule has 0 aliphatic rings. The van der Waals surface area contributed by atoms with Gasteiger partial charge in [-0.3, -0.25) is 14.9 Å². The summed E-state index contributed by atoms with van der Waals surface area (Å²) in [6.45, 7) is 4.04. The van der Waals surface area contributed by atoms with Gasteiger partial charge >= 0.3 is 0 Å². The normalized spacial score (nSPS) is 10.8. The molecule has 1 amide bonds. The molecule has 0 atom stereocenters. The third-order valence-corrected chi connectivity index (χ3v) is 4.73. The van der Waals surface area contributed by atoms with E-state index in [0.29, 0.717) is 17.0 Å². The number of benzene rings is 3. The quantitative estimate of drug-likeness (QED) is 0.237. The van der Waals surface area contributed by atoms with Crippen LogP contribution in [0.5, 0.6) is 5.75 Å². The highest BCUT2D eigenvalue weighted by molar-refractivity contribution is 6.10. The Morgan fingerprint density at radius 1 is 1.12 bits per heavy atom. The number of nitro groups is 1. The average molecular weight is 427 g/mol. The number of carbonyl (C=O) groups is 1. The standard InChI is InChI=1S/C25H21N3O4/c1-17-6-7-18(2)24(12-17)27-25(29)21(15-26)13-20-4-3-5-23(14-20)32-16-19-8-10-22(11-9-19)28(30)31/h3-14H,16H2,1-2H3,(H,27,29)/b21-13-. The van der Waals surface area contributed by atoms with E-state index in [1.807, 2.05) is 38.1 Å². The van der Waals surface area contributed by atoms with Crippen molar-refractivity contribution in [2.75, 3.05) is 5.32 Å². The molecule has 7 heteroatoms. The van der Waals surface area contributed by atoms with Crippen molar-refractivity contribution in [3.63, 3.8) is 0 Å². The molecule has 0 aliphatic carbocycles. The Bertz CT molecular complexity index is 1220. The lowest BCUT2D eigenvalue weighted by Gasteiger charge is -2.09. The minimum atomic E-state index is -0.488. The number of nitrogens with one attached hydrogen (secondary N) is 1. The van der Waals surface area contributed by atoms with Crippen molar-refractivity contribution in [3.05, 3.63) is 105 Å². The van der Waals surface area contributed by atoms with Crippen molar-refractivity contribution in [2.45, 2.75) is 20.5 Å². The summed E-state index contributed by atoms with van der Waals surface area (Å²) in [6, 6.07) is 20.8. The first-order chi connectivity index (χ1) is 15.4. The van der Waals surface area contributed by atoms with Crippen LogP contribution in [-0.2, 0) is 11.4 Å². The van der Waals surface area contributed by atoms with E-state index in [-0.39, 0.29) is 17.9 Å². The van der Waals surface area contributed by atoms with Gasteiger partial charge in [-0.25, -0.2) is 0 Å². The number of amides is 1. The molecule has 0 spiro atoms. The first-order valence-electron chi connectivity index (χ1n) is 9.82. The number of hydrogen-bond donors (Lipinski definition) is 1. The van der Waals surface area contributed by atoms with Crippen molar-refractivity contribution in [1.29, 1.82) is 5.26 Å². The summed E-state index contributed by atoms with van der Waals surface area (Å²) in [7, 11) is 0. The van der Waals surface area contributed by atoms with Crippen molar-refractivity contribution in [1.82, 2.24) is 0 Å². The molecule has 3 aromatic rings. The molecule has 0 fully saturated rings. The van der Waals surface area contributed by atoms with Gasteiger partial charge in [0.2, 0.25) is 0 Å². The predicted molar refractivity (Wildman–Crippen MR) is 122 cm³/mol. The smallest absolute Gasteiger partial charge is 0.269 e. The van der Waals surface area contributed by atoms with Gasteiger partial charge in [0.1, 0.15) is 24.0 Å². The number of nitriles is 1. The Balaban J connectivity index is 1.71. The van der Waals surface area contributed by atoms with Crippen LogP contribution < -0.4 is 10.1 Å². The van der Waals surface area contributed by atoms with Crippen LogP contribution in [0.15, 0.2) is 72.3 Å². The molecule has 0 aromatic heterocycles. The van der Waals surface area contributed by atoms with Crippen LogP contribution in [0.3, 0.4) is 0 Å². The number of non-ortho nitro benzene ring substituents is 1. The largest absolute Gasteiger partial charge is 0.489 e. The lowest BCUT2D eigenvalue weighted by atomic mass is 10.1. The summed E-state index contributed by atoms with van der Waals surface area (Å²) in [5, 5.41) is 23.0. The van der Waals surface area contributed by atoms with Gasteiger partial charge in [-0.15, -0.1) is 0 Å². The lowest BCUT2D eigenvalue weighted by molar-refractivity contribution is -0.384. The third kappa shape index (κ3) is 5.80. The fraction of sp³-hybridized carbons (Fsp3) is 0.120. The number of nitrogens with zero attached hydrogens (tertiary/aromatic N) is 2. The van der Waals surface area contributed by atoms with Crippen molar-refractivity contribution in [3.8, 4) is 11.8 Å². The van der Waals surface area contributed by atoms with Gasteiger partial charge in [-0.1, -0.05) is 24.3 Å². The van der Waals surface area contributed by atoms with Gasteiger partial charge in [-0.05, 0) is 72.5 Å². The van der Waals surface area contributed by atoms with Gasteiger partial charge in [-0.2, -0.15) is 5.26 Å². The monoisotopic (exact) mass is 427 g/mol. The van der Waals surface area contributed by atoms with E-state index in [9.17, 15) is 20.2 Å². The molecule has 7 nitrogen and oxygen atoms in total. The summed E-state index contributed by atoms with van der Waals surface area (Å²) in [4.78, 5) is 22.9. The molecule has 3 aromatic carbocycles. The molecule has 0 saturated heterocycles. The van der Waals surface area contributed by atoms with Crippen LogP contribution in [-0.4, -0.2) is 10.8 Å². The fourth-order valence-electron chi connectivity index (χ4n) is 2.95. The maximum atomic E-state index is 12.6. The molecular formula is C25H21N3O4. The second-order valence-electron chi connectivity index (χ2n) is 7.23. The molecule has 160 valence electrons. The zero-order valence-electron chi connectivity index (χ0n) is 17.7. The maximum absolute atomic E-state index is 12.6. The number of hydrogen-bond acceptors (Lipinski definition) is 5. The topological polar surface area (TPSA) is 105 Å². The van der Waals surface area contributed by atoms with Crippen LogP contribution in [0, 0.1) is 35.3 Å². The van der Waals surface area contributed by atoms with E-state index in [1.165, 1.54) is 18.2 Å². The third-order valence-electron chi connectivity index (χ3n) is 4.73. The molecule has 0 saturated carbocycles. The molecule has 0 unspecified atom stereocenters. The second-order valence-corrected chi connectivity index (χ2v) is 7.23. The van der Waals surface area contributed by atoms with E-state index < -0.39 is 10.8 Å². The van der Waals surface area contributed by atoms with E-state index in [0.717, 1.165) is 16.7 Å². The predicted octanol–water partition coefficient (Wildman–Crippen LogP) is 5.34. The van der Waals surface area contributed by atoms with E-state index in [2.05, 4.69) is 5.32 Å². The molecular weight excluding hydrogens is 406 g/mol. The van der Waals surface area contributed by atoms with Gasteiger partial charge in [0.15, 0.2) is 0 Å². The Morgan fingerprint density at radius 3 is 2.56 bits per heavy atom. The highest BCUT2D eigenvalue weighted by Crippen LogP contribution is 2.20. The number of anilines is 1. The molecule has 3 rings (SSSR count). The highest BCUT2D eigenvalue weighted by atomic mass is 16.6. The maximum Gasteiger partial charge on any atom is 0.269 e. The zero-order valence-corrected chi connectivity index (χ0v) is 17.7. The molecule has 1 N–H and O–H groups in total. The lowest BCUT2D eigenvalue weighted by Crippen LogP contribution is -2.14. The summed E-state index contributed by atoms with van der Waals surface area (Å²) in [5.41, 5.74) is 3.98. The highest BCUT2D eigenvalue weighted by Gasteiger charge is 2.11. The van der Waals surface area contributed by atoms with Crippen molar-refractivity contribution in [2.24, 2.45) is 0 Å². The first-order valence-corrected chi connectivity index (χ1v) is 9.82. The van der Waals surface area contributed by atoms with Gasteiger partial charge in [0, 0.05) is 17.8 Å². The van der Waals surface area contributed by atoms with Crippen LogP contribution in [0.2, 0.25) is 0 Å². The SMILES string of the molecule is Cc1ccc(C)c(NC(=O)/C(C#N)=C\c2cccc(OCc3ccc([N+](=O)[O-])cc3)c2)c1. The van der Waals surface area contributed by atoms with Crippen LogP contribution in [0.1, 0.15) is 22.3 Å². The number of carbonyl (C=O) groups excluding carboxylic acids is 1. The molecule has 0 radical (unpaired) electrons. The summed E-state index contributed by atoms with van der Waals surface area (Å²) in [6.07, 6.45) is 1.50. The fourth-order valence-corrected chi connectivity index (χ4v) is 2.95. The van der Waals surface area contributed by atoms with Crippen molar-refractivity contribution >= 4 is 23.4 Å².